The Kier molecular flexibility index (Phi) is 6.70. The molecule has 1 saturated heterocycles. The lowest BCUT2D eigenvalue weighted by Crippen LogP contribution is -2.46. The monoisotopic (exact) mass is 501 g/mol. The molecule has 8 nitrogen and oxygen atoms in total. The Labute approximate surface area is 221 Å². The van der Waals surface area contributed by atoms with Gasteiger partial charge in [-0.25, -0.2) is 4.98 Å². The number of pyridine rings is 2. The number of hydrogen-bond donors (Lipinski definition) is 1. The summed E-state index contributed by atoms with van der Waals surface area (Å²) < 4.78 is 0. The number of benzene rings is 2. The Balaban J connectivity index is 1.13. The summed E-state index contributed by atoms with van der Waals surface area (Å²) in [4.78, 5) is 35.0. The van der Waals surface area contributed by atoms with Gasteiger partial charge < -0.3 is 10.2 Å². The van der Waals surface area contributed by atoms with E-state index in [1.807, 2.05) is 55.0 Å². The molecule has 0 aliphatic carbocycles. The molecule has 0 bridgehead atoms. The molecule has 0 saturated carbocycles. The molecule has 1 aliphatic rings. The largest absolute Gasteiger partial charge is 0.353 e. The zero-order valence-corrected chi connectivity index (χ0v) is 20.9. The minimum Gasteiger partial charge on any atom is -0.353 e. The summed E-state index contributed by atoms with van der Waals surface area (Å²) in [6, 6.07) is 21.5. The van der Waals surface area contributed by atoms with E-state index in [2.05, 4.69) is 48.3 Å². The van der Waals surface area contributed by atoms with Gasteiger partial charge in [0.15, 0.2) is 0 Å². The van der Waals surface area contributed by atoms with E-state index < -0.39 is 0 Å². The molecular formula is C30H27N7O. The van der Waals surface area contributed by atoms with Gasteiger partial charge in [-0.3, -0.25) is 24.6 Å². The van der Waals surface area contributed by atoms with Crippen LogP contribution >= 0.6 is 0 Å². The average molecular weight is 502 g/mol. The molecule has 0 atom stereocenters. The van der Waals surface area contributed by atoms with Crippen molar-refractivity contribution in [2.24, 2.45) is 0 Å². The molecule has 2 aromatic carbocycles. The Bertz CT molecular complexity index is 1530. The van der Waals surface area contributed by atoms with Crippen molar-refractivity contribution < 1.29 is 4.79 Å². The lowest BCUT2D eigenvalue weighted by atomic mass is 10.0. The van der Waals surface area contributed by atoms with E-state index in [9.17, 15) is 4.79 Å². The first-order chi connectivity index (χ1) is 18.7. The van der Waals surface area contributed by atoms with Crippen LogP contribution in [0.4, 0.5) is 11.5 Å². The first-order valence-electron chi connectivity index (χ1n) is 12.7. The van der Waals surface area contributed by atoms with E-state index >= 15 is 0 Å². The van der Waals surface area contributed by atoms with E-state index in [-0.39, 0.29) is 5.91 Å². The van der Waals surface area contributed by atoms with E-state index in [0.29, 0.717) is 5.56 Å². The zero-order valence-electron chi connectivity index (χ0n) is 20.9. The highest BCUT2D eigenvalue weighted by Crippen LogP contribution is 2.26. The fourth-order valence-electron chi connectivity index (χ4n) is 4.66. The van der Waals surface area contributed by atoms with Gasteiger partial charge in [-0.05, 0) is 59.2 Å². The molecule has 5 aromatic rings. The minimum absolute atomic E-state index is 0.183. The summed E-state index contributed by atoms with van der Waals surface area (Å²) in [6.45, 7) is 4.68. The number of hydrogen-bond acceptors (Lipinski definition) is 7. The first-order valence-corrected chi connectivity index (χ1v) is 12.7. The topological polar surface area (TPSA) is 87.1 Å². The van der Waals surface area contributed by atoms with E-state index in [1.165, 1.54) is 5.56 Å². The lowest BCUT2D eigenvalue weighted by Gasteiger charge is -2.35. The first kappa shape index (κ1) is 23.7. The number of piperazine rings is 1. The third-order valence-corrected chi connectivity index (χ3v) is 6.75. The number of carbonyl (C=O) groups excluding carboxylic acids is 1. The van der Waals surface area contributed by atoms with Crippen molar-refractivity contribution in [1.29, 1.82) is 0 Å². The number of nitrogens with zero attached hydrogens (tertiary/aromatic N) is 6. The van der Waals surface area contributed by atoms with Crippen LogP contribution in [0.2, 0.25) is 0 Å². The van der Waals surface area contributed by atoms with E-state index in [0.717, 1.165) is 66.4 Å². The molecule has 6 rings (SSSR count). The Morgan fingerprint density at radius 2 is 1.55 bits per heavy atom. The maximum atomic E-state index is 12.4. The number of anilines is 2. The molecule has 8 heteroatoms. The molecule has 1 fully saturated rings. The molecule has 1 N–H and O–H groups in total. The molecule has 4 heterocycles. The molecule has 0 spiro atoms. The Morgan fingerprint density at radius 3 is 2.29 bits per heavy atom. The van der Waals surface area contributed by atoms with Crippen LogP contribution in [0.5, 0.6) is 0 Å². The highest BCUT2D eigenvalue weighted by molar-refractivity contribution is 6.04. The summed E-state index contributed by atoms with van der Waals surface area (Å²) in [5, 5.41) is 2.91. The Hall–Kier alpha value is -4.69. The second kappa shape index (κ2) is 10.7. The highest BCUT2D eigenvalue weighted by atomic mass is 16.1. The average Bonchev–Trinajstić information content (AvgIpc) is 2.98. The molecule has 3 aromatic heterocycles. The van der Waals surface area contributed by atoms with Gasteiger partial charge >= 0.3 is 0 Å². The fourth-order valence-corrected chi connectivity index (χ4v) is 4.66. The molecule has 0 radical (unpaired) electrons. The van der Waals surface area contributed by atoms with Crippen molar-refractivity contribution in [3.8, 4) is 11.1 Å². The summed E-state index contributed by atoms with van der Waals surface area (Å²) >= 11 is 0. The number of carbonyl (C=O) groups is 1. The predicted octanol–water partition coefficient (Wildman–Crippen LogP) is 4.66. The van der Waals surface area contributed by atoms with Gasteiger partial charge in [0.1, 0.15) is 5.82 Å². The van der Waals surface area contributed by atoms with Crippen molar-refractivity contribution in [1.82, 2.24) is 24.8 Å². The second-order valence-electron chi connectivity index (χ2n) is 9.33. The van der Waals surface area contributed by atoms with Crippen molar-refractivity contribution in [2.75, 3.05) is 36.4 Å². The smallest absolute Gasteiger partial charge is 0.257 e. The second-order valence-corrected chi connectivity index (χ2v) is 9.33. The van der Waals surface area contributed by atoms with Crippen molar-refractivity contribution >= 4 is 28.4 Å². The molecule has 188 valence electrons. The van der Waals surface area contributed by atoms with Gasteiger partial charge in [0.25, 0.3) is 5.91 Å². The quantitative estimate of drug-likeness (QED) is 0.362. The summed E-state index contributed by atoms with van der Waals surface area (Å²) in [5.74, 6) is 0.724. The highest BCUT2D eigenvalue weighted by Gasteiger charge is 2.19. The Morgan fingerprint density at radius 1 is 0.789 bits per heavy atom. The van der Waals surface area contributed by atoms with Gasteiger partial charge in [0.2, 0.25) is 0 Å². The normalized spacial score (nSPS) is 13.9. The van der Waals surface area contributed by atoms with Crippen LogP contribution in [0.3, 0.4) is 0 Å². The van der Waals surface area contributed by atoms with Crippen LogP contribution in [0, 0.1) is 0 Å². The molecule has 1 amide bonds. The number of nitrogens with one attached hydrogen (secondary N) is 1. The van der Waals surface area contributed by atoms with Crippen LogP contribution < -0.4 is 10.2 Å². The van der Waals surface area contributed by atoms with Gasteiger partial charge in [0, 0.05) is 63.2 Å². The fraction of sp³-hybridized carbons (Fsp3) is 0.167. The standard InChI is InChI=1S/C30H27N7O/c38-30(25-4-2-12-32-19-25)34-26-8-5-23(6-9-26)24-7-10-27-28(17-24)35-29(20-33-27)37-15-13-36(14-16-37)21-22-3-1-11-31-18-22/h1-12,17-20H,13-16,21H2,(H,34,38). The SMILES string of the molecule is O=C(Nc1ccc(-c2ccc3ncc(N4CCN(Cc5cccnc5)CC4)nc3c2)cc1)c1cccnc1. The molecule has 38 heavy (non-hydrogen) atoms. The number of amides is 1. The van der Waals surface area contributed by atoms with Crippen LogP contribution in [0.25, 0.3) is 22.2 Å². The summed E-state index contributed by atoms with van der Waals surface area (Å²) in [6.07, 6.45) is 8.82. The molecule has 0 unspecified atom stereocenters. The number of aromatic nitrogens is 4. The third kappa shape index (κ3) is 5.35. The van der Waals surface area contributed by atoms with Crippen molar-refractivity contribution in [3.63, 3.8) is 0 Å². The number of rotatable bonds is 6. The predicted molar refractivity (Wildman–Crippen MR) is 149 cm³/mol. The zero-order chi connectivity index (χ0) is 25.7. The van der Waals surface area contributed by atoms with Crippen molar-refractivity contribution in [3.05, 3.63) is 109 Å². The van der Waals surface area contributed by atoms with Crippen LogP contribution in [-0.4, -0.2) is 56.9 Å². The van der Waals surface area contributed by atoms with E-state index in [1.54, 1.807) is 24.5 Å². The van der Waals surface area contributed by atoms with Gasteiger partial charge in [-0.2, -0.15) is 0 Å². The van der Waals surface area contributed by atoms with Crippen LogP contribution in [-0.2, 0) is 6.54 Å². The maximum Gasteiger partial charge on any atom is 0.257 e. The summed E-state index contributed by atoms with van der Waals surface area (Å²) in [5.41, 5.74) is 6.32. The van der Waals surface area contributed by atoms with E-state index in [4.69, 9.17) is 4.98 Å². The van der Waals surface area contributed by atoms with Crippen molar-refractivity contribution in [2.45, 2.75) is 6.54 Å². The minimum atomic E-state index is -0.183. The third-order valence-electron chi connectivity index (χ3n) is 6.75. The lowest BCUT2D eigenvalue weighted by molar-refractivity contribution is 0.102. The summed E-state index contributed by atoms with van der Waals surface area (Å²) in [7, 11) is 0. The van der Waals surface area contributed by atoms with Crippen LogP contribution in [0.15, 0.2) is 97.7 Å². The maximum absolute atomic E-state index is 12.4. The molecular weight excluding hydrogens is 474 g/mol. The van der Waals surface area contributed by atoms with Gasteiger partial charge in [-0.15, -0.1) is 0 Å². The van der Waals surface area contributed by atoms with Gasteiger partial charge in [-0.1, -0.05) is 24.3 Å². The van der Waals surface area contributed by atoms with Crippen LogP contribution in [0.1, 0.15) is 15.9 Å². The number of fused-ring (bicyclic) bond motifs is 1. The van der Waals surface area contributed by atoms with Gasteiger partial charge in [0.05, 0.1) is 22.8 Å². The molecule has 1 aliphatic heterocycles.